The Kier molecular flexibility index (Phi) is 4.87. The molecule has 3 aromatic rings. The van der Waals surface area contributed by atoms with Crippen LogP contribution in [-0.2, 0) is 10.0 Å². The number of sulfonamides is 1. The Bertz CT molecular complexity index is 1130. The van der Waals surface area contributed by atoms with Crippen LogP contribution in [0.5, 0.6) is 0 Å². The maximum absolute atomic E-state index is 12.8. The molecular formula is C18H16N4O4S. The lowest BCUT2D eigenvalue weighted by atomic mass is 10.1. The number of aromatic nitrogens is 2. The number of rotatable bonds is 5. The lowest BCUT2D eigenvalue weighted by molar-refractivity contribution is -0.387. The first-order valence-electron chi connectivity index (χ1n) is 7.95. The first-order valence-corrected chi connectivity index (χ1v) is 9.43. The standard InChI is InChI=1S/C18H16N4O4S/c1-12-5-3-8-17(22(23)24)18(12)27(25,26)21-15-7-4-6-14(11-15)16-9-10-19-13(2)20-16/h3-11,21H,1-2H3. The van der Waals surface area contributed by atoms with E-state index in [0.29, 0.717) is 22.6 Å². The van der Waals surface area contributed by atoms with Crippen LogP contribution in [0.2, 0.25) is 0 Å². The van der Waals surface area contributed by atoms with E-state index in [1.54, 1.807) is 43.5 Å². The van der Waals surface area contributed by atoms with Crippen molar-refractivity contribution in [3.63, 3.8) is 0 Å². The second kappa shape index (κ2) is 7.12. The first-order chi connectivity index (χ1) is 12.8. The lowest BCUT2D eigenvalue weighted by Gasteiger charge is -2.11. The van der Waals surface area contributed by atoms with Crippen molar-refractivity contribution in [2.45, 2.75) is 18.7 Å². The normalized spacial score (nSPS) is 11.2. The van der Waals surface area contributed by atoms with Crippen LogP contribution in [0.25, 0.3) is 11.3 Å². The molecule has 0 spiro atoms. The van der Waals surface area contributed by atoms with Gasteiger partial charge in [-0.05, 0) is 37.6 Å². The molecule has 1 heterocycles. The summed E-state index contributed by atoms with van der Waals surface area (Å²) in [6.07, 6.45) is 1.62. The van der Waals surface area contributed by atoms with Crippen molar-refractivity contribution in [2.24, 2.45) is 0 Å². The molecule has 0 aliphatic rings. The number of aryl methyl sites for hydroxylation is 2. The van der Waals surface area contributed by atoms with Crippen LogP contribution in [0.4, 0.5) is 11.4 Å². The molecule has 0 aliphatic carbocycles. The molecule has 0 radical (unpaired) electrons. The second-order valence-corrected chi connectivity index (χ2v) is 7.47. The van der Waals surface area contributed by atoms with Gasteiger partial charge in [0.1, 0.15) is 5.82 Å². The molecule has 3 rings (SSSR count). The molecule has 0 aliphatic heterocycles. The Morgan fingerprint density at radius 1 is 1.07 bits per heavy atom. The zero-order valence-electron chi connectivity index (χ0n) is 14.6. The molecule has 1 N–H and O–H groups in total. The molecule has 1 aromatic heterocycles. The maximum atomic E-state index is 12.8. The number of nitrogens with one attached hydrogen (secondary N) is 1. The number of nitro benzene ring substituents is 1. The van der Waals surface area contributed by atoms with Gasteiger partial charge < -0.3 is 0 Å². The van der Waals surface area contributed by atoms with E-state index in [0.717, 1.165) is 0 Å². The largest absolute Gasteiger partial charge is 0.290 e. The van der Waals surface area contributed by atoms with Crippen LogP contribution >= 0.6 is 0 Å². The quantitative estimate of drug-likeness (QED) is 0.532. The zero-order valence-corrected chi connectivity index (χ0v) is 15.4. The summed E-state index contributed by atoms with van der Waals surface area (Å²) in [5, 5.41) is 11.2. The number of nitro groups is 1. The number of benzene rings is 2. The van der Waals surface area contributed by atoms with Crippen LogP contribution in [0, 0.1) is 24.0 Å². The molecule has 0 bridgehead atoms. The third kappa shape index (κ3) is 3.93. The van der Waals surface area contributed by atoms with E-state index in [9.17, 15) is 18.5 Å². The molecule has 0 saturated heterocycles. The average molecular weight is 384 g/mol. The van der Waals surface area contributed by atoms with E-state index in [2.05, 4.69) is 14.7 Å². The van der Waals surface area contributed by atoms with E-state index in [1.807, 2.05) is 0 Å². The van der Waals surface area contributed by atoms with Crippen LogP contribution in [0.1, 0.15) is 11.4 Å². The highest BCUT2D eigenvalue weighted by Gasteiger charge is 2.27. The summed E-state index contributed by atoms with van der Waals surface area (Å²) in [5.41, 5.74) is 1.44. The average Bonchev–Trinajstić information content (AvgIpc) is 2.61. The minimum absolute atomic E-state index is 0.279. The van der Waals surface area contributed by atoms with E-state index in [-0.39, 0.29) is 10.6 Å². The topological polar surface area (TPSA) is 115 Å². The smallest absolute Gasteiger partial charge is 0.279 e. The summed E-state index contributed by atoms with van der Waals surface area (Å²) >= 11 is 0. The predicted molar refractivity (Wildman–Crippen MR) is 101 cm³/mol. The number of anilines is 1. The summed E-state index contributed by atoms with van der Waals surface area (Å²) < 4.78 is 28.0. The number of hydrogen-bond acceptors (Lipinski definition) is 6. The van der Waals surface area contributed by atoms with E-state index in [4.69, 9.17) is 0 Å². The zero-order chi connectivity index (χ0) is 19.6. The van der Waals surface area contributed by atoms with Crippen molar-refractivity contribution in [1.29, 1.82) is 0 Å². The van der Waals surface area contributed by atoms with Crippen LogP contribution < -0.4 is 4.72 Å². The molecule has 0 saturated carbocycles. The van der Waals surface area contributed by atoms with Gasteiger partial charge in [-0.25, -0.2) is 18.4 Å². The number of hydrogen-bond donors (Lipinski definition) is 1. The van der Waals surface area contributed by atoms with Gasteiger partial charge in [0.25, 0.3) is 15.7 Å². The highest BCUT2D eigenvalue weighted by molar-refractivity contribution is 7.93. The van der Waals surface area contributed by atoms with Crippen molar-refractivity contribution in [2.75, 3.05) is 4.72 Å². The molecular weight excluding hydrogens is 368 g/mol. The molecule has 27 heavy (non-hydrogen) atoms. The second-order valence-electron chi connectivity index (χ2n) is 5.86. The van der Waals surface area contributed by atoms with Gasteiger partial charge in [-0.3, -0.25) is 14.8 Å². The highest BCUT2D eigenvalue weighted by Crippen LogP contribution is 2.29. The summed E-state index contributed by atoms with van der Waals surface area (Å²) in [7, 11) is -4.15. The van der Waals surface area contributed by atoms with E-state index < -0.39 is 20.6 Å². The van der Waals surface area contributed by atoms with Gasteiger partial charge in [0, 0.05) is 23.5 Å². The molecule has 0 amide bonds. The molecule has 0 fully saturated rings. The lowest BCUT2D eigenvalue weighted by Crippen LogP contribution is -2.16. The minimum atomic E-state index is -4.15. The maximum Gasteiger partial charge on any atom is 0.290 e. The molecule has 8 nitrogen and oxygen atoms in total. The van der Waals surface area contributed by atoms with Crippen LogP contribution in [0.15, 0.2) is 59.6 Å². The van der Waals surface area contributed by atoms with Crippen LogP contribution in [-0.4, -0.2) is 23.3 Å². The van der Waals surface area contributed by atoms with Gasteiger partial charge in [-0.2, -0.15) is 0 Å². The van der Waals surface area contributed by atoms with Crippen molar-refractivity contribution >= 4 is 21.4 Å². The van der Waals surface area contributed by atoms with Gasteiger partial charge in [0.2, 0.25) is 0 Å². The van der Waals surface area contributed by atoms with E-state index >= 15 is 0 Å². The van der Waals surface area contributed by atoms with Crippen molar-refractivity contribution in [3.8, 4) is 11.3 Å². The fourth-order valence-corrected chi connectivity index (χ4v) is 4.14. The first kappa shape index (κ1) is 18.5. The fourth-order valence-electron chi connectivity index (χ4n) is 2.70. The third-order valence-corrected chi connectivity index (χ3v) is 5.42. The van der Waals surface area contributed by atoms with Crippen molar-refractivity contribution < 1.29 is 13.3 Å². The number of nitrogens with zero attached hydrogens (tertiary/aromatic N) is 3. The predicted octanol–water partition coefficient (Wildman–Crippen LogP) is 3.47. The monoisotopic (exact) mass is 384 g/mol. The Balaban J connectivity index is 2.01. The van der Waals surface area contributed by atoms with Crippen molar-refractivity contribution in [1.82, 2.24) is 9.97 Å². The van der Waals surface area contributed by atoms with Gasteiger partial charge >= 0.3 is 0 Å². The Hall–Kier alpha value is -3.33. The molecule has 0 atom stereocenters. The molecule has 9 heteroatoms. The summed E-state index contributed by atoms with van der Waals surface area (Å²) in [6.45, 7) is 3.27. The van der Waals surface area contributed by atoms with Gasteiger partial charge in [0.15, 0.2) is 4.90 Å². The fraction of sp³-hybridized carbons (Fsp3) is 0.111. The molecule has 0 unspecified atom stereocenters. The summed E-state index contributed by atoms with van der Waals surface area (Å²) in [5.74, 6) is 0.592. The summed E-state index contributed by atoms with van der Waals surface area (Å²) in [4.78, 5) is 18.5. The molecule has 2 aromatic carbocycles. The van der Waals surface area contributed by atoms with Gasteiger partial charge in [0.05, 0.1) is 10.6 Å². The summed E-state index contributed by atoms with van der Waals surface area (Å²) in [6, 6.07) is 12.5. The van der Waals surface area contributed by atoms with Crippen LogP contribution in [0.3, 0.4) is 0 Å². The minimum Gasteiger partial charge on any atom is -0.279 e. The van der Waals surface area contributed by atoms with E-state index in [1.165, 1.54) is 25.1 Å². The van der Waals surface area contributed by atoms with Gasteiger partial charge in [-0.1, -0.05) is 24.3 Å². The Morgan fingerprint density at radius 3 is 2.52 bits per heavy atom. The third-order valence-electron chi connectivity index (χ3n) is 3.84. The van der Waals surface area contributed by atoms with Gasteiger partial charge in [-0.15, -0.1) is 0 Å². The Labute approximate surface area is 156 Å². The Morgan fingerprint density at radius 2 is 1.81 bits per heavy atom. The highest BCUT2D eigenvalue weighted by atomic mass is 32.2. The SMILES string of the molecule is Cc1nccc(-c2cccc(NS(=O)(=O)c3c(C)cccc3[N+](=O)[O-])c2)n1. The molecule has 138 valence electrons. The van der Waals surface area contributed by atoms with Crippen molar-refractivity contribution in [3.05, 3.63) is 76.2 Å².